The quantitative estimate of drug-likeness (QED) is 0.775. The number of hydrogen-bond acceptors (Lipinski definition) is 3. The summed E-state index contributed by atoms with van der Waals surface area (Å²) in [6.45, 7) is 3.15. The van der Waals surface area contributed by atoms with Gasteiger partial charge in [-0.05, 0) is 25.8 Å². The normalized spacial score (nSPS) is 11.6. The lowest BCUT2D eigenvalue weighted by Gasteiger charge is -2.28. The molecule has 0 aliphatic heterocycles. The van der Waals surface area contributed by atoms with Gasteiger partial charge >= 0.3 is 6.61 Å². The van der Waals surface area contributed by atoms with Crippen molar-refractivity contribution in [3.05, 3.63) is 29.3 Å². The van der Waals surface area contributed by atoms with Gasteiger partial charge in [0, 0.05) is 18.7 Å². The first-order valence-electron chi connectivity index (χ1n) is 7.41. The van der Waals surface area contributed by atoms with E-state index in [1.807, 2.05) is 20.8 Å². The van der Waals surface area contributed by atoms with Crippen molar-refractivity contribution >= 4 is 5.91 Å². The summed E-state index contributed by atoms with van der Waals surface area (Å²) in [5.74, 6) is -0.0863. The highest BCUT2D eigenvalue weighted by atomic mass is 19.3. The average Bonchev–Trinajstić information content (AvgIpc) is 2.49. The van der Waals surface area contributed by atoms with E-state index in [2.05, 4.69) is 10.1 Å². The van der Waals surface area contributed by atoms with Crippen LogP contribution in [0.5, 0.6) is 5.75 Å². The first-order valence-corrected chi connectivity index (χ1v) is 7.41. The Hall–Kier alpha value is -1.69. The number of ether oxygens (including phenoxy) is 1. The number of nitrogens with two attached hydrogens (primary N) is 1. The average molecular weight is 314 g/mol. The molecule has 0 saturated carbocycles. The first kappa shape index (κ1) is 18.4. The summed E-state index contributed by atoms with van der Waals surface area (Å²) in [4.78, 5) is 12.4. The monoisotopic (exact) mass is 314 g/mol. The molecule has 124 valence electrons. The van der Waals surface area contributed by atoms with Gasteiger partial charge in [0.2, 0.25) is 5.91 Å². The number of alkyl halides is 2. The lowest BCUT2D eigenvalue weighted by molar-refractivity contribution is -0.131. The second kappa shape index (κ2) is 8.08. The zero-order valence-electron chi connectivity index (χ0n) is 13.3. The highest BCUT2D eigenvalue weighted by molar-refractivity contribution is 5.82. The Morgan fingerprint density at radius 1 is 1.36 bits per heavy atom. The zero-order valence-corrected chi connectivity index (χ0v) is 13.3. The number of carbonyl (C=O) groups is 1. The molecule has 0 radical (unpaired) electrons. The molecule has 0 aliphatic carbocycles. The molecule has 1 amide bonds. The van der Waals surface area contributed by atoms with E-state index in [-0.39, 0.29) is 24.7 Å². The van der Waals surface area contributed by atoms with E-state index in [1.165, 1.54) is 6.07 Å². The van der Waals surface area contributed by atoms with Crippen molar-refractivity contribution in [1.29, 1.82) is 0 Å². The van der Waals surface area contributed by atoms with Crippen LogP contribution in [0, 0.1) is 12.3 Å². The summed E-state index contributed by atoms with van der Waals surface area (Å²) in [6.07, 6.45) is 1.25. The molecule has 0 saturated heterocycles. The number of nitrogens with one attached hydrogen (secondary N) is 1. The van der Waals surface area contributed by atoms with Crippen LogP contribution in [0.1, 0.15) is 37.8 Å². The Labute approximate surface area is 130 Å². The molecule has 0 heterocycles. The Morgan fingerprint density at radius 3 is 2.50 bits per heavy atom. The van der Waals surface area contributed by atoms with E-state index in [4.69, 9.17) is 5.73 Å². The van der Waals surface area contributed by atoms with Gasteiger partial charge in [-0.15, -0.1) is 0 Å². The molecule has 0 aromatic heterocycles. The maximum absolute atomic E-state index is 12.4. The predicted octanol–water partition coefficient (Wildman–Crippen LogP) is 2.98. The summed E-state index contributed by atoms with van der Waals surface area (Å²) >= 11 is 0. The molecule has 1 rings (SSSR count). The van der Waals surface area contributed by atoms with Crippen LogP contribution in [0.4, 0.5) is 8.78 Å². The summed E-state index contributed by atoms with van der Waals surface area (Å²) in [6, 6.07) is 4.89. The summed E-state index contributed by atoms with van der Waals surface area (Å²) in [5, 5.41) is 2.79. The lowest BCUT2D eigenvalue weighted by Crippen LogP contribution is -2.45. The predicted molar refractivity (Wildman–Crippen MR) is 81.7 cm³/mol. The third kappa shape index (κ3) is 4.40. The number of aryl methyl sites for hydroxylation is 1. The van der Waals surface area contributed by atoms with Gasteiger partial charge in [-0.25, -0.2) is 0 Å². The SMILES string of the molecule is CCC(CC)(CN)C(=O)NCc1cc(C)ccc1OC(F)F. The van der Waals surface area contributed by atoms with Gasteiger partial charge in [0.05, 0.1) is 5.41 Å². The van der Waals surface area contributed by atoms with Crippen molar-refractivity contribution in [3.8, 4) is 5.75 Å². The third-order valence-electron chi connectivity index (χ3n) is 4.10. The van der Waals surface area contributed by atoms with Gasteiger partial charge < -0.3 is 15.8 Å². The van der Waals surface area contributed by atoms with Crippen LogP contribution in [0.25, 0.3) is 0 Å². The second-order valence-electron chi connectivity index (χ2n) is 5.36. The Morgan fingerprint density at radius 2 is 2.00 bits per heavy atom. The van der Waals surface area contributed by atoms with E-state index >= 15 is 0 Å². The number of rotatable bonds is 8. The molecule has 0 unspecified atom stereocenters. The fourth-order valence-electron chi connectivity index (χ4n) is 2.37. The van der Waals surface area contributed by atoms with Crippen molar-refractivity contribution in [2.45, 2.75) is 46.8 Å². The standard InChI is InChI=1S/C16H24F2N2O2/c1-4-16(5-2,10-19)14(21)20-9-12-8-11(3)6-7-13(12)22-15(17)18/h6-8,15H,4-5,9-10,19H2,1-3H3,(H,20,21). The van der Waals surface area contributed by atoms with Crippen LogP contribution in [-0.2, 0) is 11.3 Å². The van der Waals surface area contributed by atoms with Gasteiger partial charge in [0.1, 0.15) is 5.75 Å². The maximum atomic E-state index is 12.4. The van der Waals surface area contributed by atoms with Crippen molar-refractivity contribution in [2.24, 2.45) is 11.1 Å². The van der Waals surface area contributed by atoms with Crippen molar-refractivity contribution in [3.63, 3.8) is 0 Å². The molecule has 0 bridgehead atoms. The van der Waals surface area contributed by atoms with Gasteiger partial charge in [0.15, 0.2) is 0 Å². The fraction of sp³-hybridized carbons (Fsp3) is 0.562. The highest BCUT2D eigenvalue weighted by Crippen LogP contribution is 2.26. The molecular weight excluding hydrogens is 290 g/mol. The van der Waals surface area contributed by atoms with E-state index in [0.29, 0.717) is 18.4 Å². The van der Waals surface area contributed by atoms with Crippen molar-refractivity contribution < 1.29 is 18.3 Å². The summed E-state index contributed by atoms with van der Waals surface area (Å²) in [5.41, 5.74) is 6.54. The first-order chi connectivity index (χ1) is 10.4. The van der Waals surface area contributed by atoms with Crippen LogP contribution < -0.4 is 15.8 Å². The second-order valence-corrected chi connectivity index (χ2v) is 5.36. The minimum atomic E-state index is -2.90. The van der Waals surface area contributed by atoms with Crippen molar-refractivity contribution in [2.75, 3.05) is 6.54 Å². The van der Waals surface area contributed by atoms with E-state index in [0.717, 1.165) is 5.56 Å². The fourth-order valence-corrected chi connectivity index (χ4v) is 2.37. The number of hydrogen-bond donors (Lipinski definition) is 2. The van der Waals surface area contributed by atoms with E-state index < -0.39 is 12.0 Å². The van der Waals surface area contributed by atoms with Crippen LogP contribution in [0.3, 0.4) is 0 Å². The number of amides is 1. The Balaban J connectivity index is 2.87. The van der Waals surface area contributed by atoms with E-state index in [9.17, 15) is 13.6 Å². The topological polar surface area (TPSA) is 64.4 Å². The van der Waals surface area contributed by atoms with Gasteiger partial charge in [-0.3, -0.25) is 4.79 Å². The lowest BCUT2D eigenvalue weighted by atomic mass is 9.81. The zero-order chi connectivity index (χ0) is 16.8. The van der Waals surface area contributed by atoms with Crippen LogP contribution in [-0.4, -0.2) is 19.1 Å². The number of halogens is 2. The maximum Gasteiger partial charge on any atom is 0.387 e. The van der Waals surface area contributed by atoms with E-state index in [1.54, 1.807) is 12.1 Å². The van der Waals surface area contributed by atoms with Crippen LogP contribution in [0.2, 0.25) is 0 Å². The van der Waals surface area contributed by atoms with Gasteiger partial charge in [-0.1, -0.05) is 31.5 Å². The molecule has 1 aromatic rings. The minimum absolute atomic E-state index is 0.0762. The molecule has 3 N–H and O–H groups in total. The minimum Gasteiger partial charge on any atom is -0.434 e. The largest absolute Gasteiger partial charge is 0.434 e. The molecule has 22 heavy (non-hydrogen) atoms. The van der Waals surface area contributed by atoms with Crippen LogP contribution in [0.15, 0.2) is 18.2 Å². The molecule has 6 heteroatoms. The summed E-state index contributed by atoms with van der Waals surface area (Å²) < 4.78 is 29.3. The molecule has 0 fully saturated rings. The molecule has 0 atom stereocenters. The summed E-state index contributed by atoms with van der Waals surface area (Å²) in [7, 11) is 0. The van der Waals surface area contributed by atoms with Gasteiger partial charge in [0.25, 0.3) is 0 Å². The number of carbonyl (C=O) groups excluding carboxylic acids is 1. The molecule has 0 spiro atoms. The molecule has 4 nitrogen and oxygen atoms in total. The molecular formula is C16H24F2N2O2. The molecule has 0 aliphatic rings. The highest BCUT2D eigenvalue weighted by Gasteiger charge is 2.33. The van der Waals surface area contributed by atoms with Crippen LogP contribution >= 0.6 is 0 Å². The third-order valence-corrected chi connectivity index (χ3v) is 4.10. The Kier molecular flexibility index (Phi) is 6.74. The van der Waals surface area contributed by atoms with Gasteiger partial charge in [-0.2, -0.15) is 8.78 Å². The molecule has 1 aromatic carbocycles. The smallest absolute Gasteiger partial charge is 0.387 e. The Bertz CT molecular complexity index is 495. The van der Waals surface area contributed by atoms with Crippen molar-refractivity contribution in [1.82, 2.24) is 5.32 Å². The number of benzene rings is 1.